The Bertz CT molecular complexity index is 804. The van der Waals surface area contributed by atoms with Crippen molar-refractivity contribution < 1.29 is 9.47 Å². The second kappa shape index (κ2) is 9.25. The zero-order valence-corrected chi connectivity index (χ0v) is 15.3. The Morgan fingerprint density at radius 2 is 1.88 bits per heavy atom. The Kier molecular flexibility index (Phi) is 6.50. The van der Waals surface area contributed by atoms with E-state index in [1.54, 1.807) is 6.20 Å². The molecule has 0 aliphatic carbocycles. The molecule has 0 bridgehead atoms. The lowest BCUT2D eigenvalue weighted by Gasteiger charge is -2.11. The average molecular weight is 372 g/mol. The highest BCUT2D eigenvalue weighted by Crippen LogP contribution is 2.20. The average Bonchev–Trinajstić information content (AvgIpc) is 3.16. The first kappa shape index (κ1) is 18.3. The first-order chi connectivity index (χ1) is 12.7. The minimum Gasteiger partial charge on any atom is -0.619 e. The summed E-state index contributed by atoms with van der Waals surface area (Å²) in [7, 11) is 0. The van der Waals surface area contributed by atoms with E-state index in [1.165, 1.54) is 12.4 Å². The van der Waals surface area contributed by atoms with Gasteiger partial charge < -0.3 is 14.9 Å². The first-order valence-corrected chi connectivity index (χ1v) is 9.16. The molecule has 136 valence electrons. The Morgan fingerprint density at radius 3 is 2.65 bits per heavy atom. The van der Waals surface area contributed by atoms with Crippen LogP contribution in [0.3, 0.4) is 0 Å². The second-order valence-electron chi connectivity index (χ2n) is 6.21. The van der Waals surface area contributed by atoms with Gasteiger partial charge in [0.15, 0.2) is 11.9 Å². The van der Waals surface area contributed by atoms with Gasteiger partial charge in [0.1, 0.15) is 12.4 Å². The van der Waals surface area contributed by atoms with Crippen LogP contribution in [0, 0.1) is 5.21 Å². The number of H-pyrrole nitrogens is 1. The van der Waals surface area contributed by atoms with E-state index in [4.69, 9.17) is 16.3 Å². The molecule has 5 nitrogen and oxygen atoms in total. The number of benzene rings is 1. The van der Waals surface area contributed by atoms with E-state index in [2.05, 4.69) is 9.97 Å². The molecule has 1 aromatic carbocycles. The van der Waals surface area contributed by atoms with E-state index in [0.29, 0.717) is 17.4 Å². The van der Waals surface area contributed by atoms with Gasteiger partial charge >= 0.3 is 0 Å². The van der Waals surface area contributed by atoms with Gasteiger partial charge in [0.2, 0.25) is 6.20 Å². The summed E-state index contributed by atoms with van der Waals surface area (Å²) in [6.45, 7) is 0.409. The number of ether oxygens (including phenoxy) is 1. The number of halogens is 1. The Balaban J connectivity index is 1.50. The molecule has 0 fully saturated rings. The highest BCUT2D eigenvalue weighted by Gasteiger charge is 2.09. The summed E-state index contributed by atoms with van der Waals surface area (Å²) in [4.78, 5) is 7.35. The van der Waals surface area contributed by atoms with Gasteiger partial charge in [0.25, 0.3) is 0 Å². The molecule has 3 aromatic rings. The van der Waals surface area contributed by atoms with Crippen LogP contribution in [0.15, 0.2) is 55.1 Å². The van der Waals surface area contributed by atoms with E-state index in [9.17, 15) is 5.21 Å². The number of hydrogen-bond acceptors (Lipinski definition) is 3. The maximum absolute atomic E-state index is 11.6. The fourth-order valence-electron chi connectivity index (χ4n) is 2.78. The fourth-order valence-corrected chi connectivity index (χ4v) is 2.91. The lowest BCUT2D eigenvalue weighted by molar-refractivity contribution is -0.605. The van der Waals surface area contributed by atoms with E-state index < -0.39 is 0 Å². The molecule has 3 rings (SSSR count). The summed E-state index contributed by atoms with van der Waals surface area (Å²) >= 11 is 5.90. The van der Waals surface area contributed by atoms with Gasteiger partial charge in [-0.25, -0.2) is 4.98 Å². The summed E-state index contributed by atoms with van der Waals surface area (Å²) < 4.78 is 6.66. The van der Waals surface area contributed by atoms with Crippen LogP contribution in [0.4, 0.5) is 0 Å². The van der Waals surface area contributed by atoms with Gasteiger partial charge in [-0.3, -0.25) is 0 Å². The van der Waals surface area contributed by atoms with Crippen LogP contribution < -0.4 is 9.47 Å². The SMILES string of the molecule is [O-][n+]1ccc(CCCCCc2ncc[nH]2)c(OCc2ccc(Cl)cc2)c1. The van der Waals surface area contributed by atoms with Crippen molar-refractivity contribution in [3.63, 3.8) is 0 Å². The maximum atomic E-state index is 11.6. The van der Waals surface area contributed by atoms with Gasteiger partial charge in [-0.2, -0.15) is 4.73 Å². The molecule has 0 saturated heterocycles. The van der Waals surface area contributed by atoms with Crippen molar-refractivity contribution in [1.29, 1.82) is 0 Å². The highest BCUT2D eigenvalue weighted by atomic mass is 35.5. The maximum Gasteiger partial charge on any atom is 0.222 e. The van der Waals surface area contributed by atoms with Crippen LogP contribution in [-0.2, 0) is 19.4 Å². The third-order valence-electron chi connectivity index (χ3n) is 4.21. The molecule has 26 heavy (non-hydrogen) atoms. The van der Waals surface area contributed by atoms with Crippen molar-refractivity contribution in [2.75, 3.05) is 0 Å². The number of hydrogen-bond donors (Lipinski definition) is 1. The molecule has 0 saturated carbocycles. The summed E-state index contributed by atoms with van der Waals surface area (Å²) in [5.74, 6) is 1.67. The number of unbranched alkanes of at least 4 members (excludes halogenated alkanes) is 2. The normalized spacial score (nSPS) is 10.8. The van der Waals surface area contributed by atoms with E-state index in [1.807, 2.05) is 36.5 Å². The standard InChI is InChI=1S/C20H22ClN3O2/c21-18-8-6-16(7-9-18)15-26-19-14-24(25)13-10-17(19)4-2-1-3-5-20-22-11-12-23-20/h6-14H,1-5,15H2,(H,22,23). The molecule has 0 aliphatic heterocycles. The van der Waals surface area contributed by atoms with Crippen LogP contribution in [0.2, 0.25) is 5.02 Å². The summed E-state index contributed by atoms with van der Waals surface area (Å²) in [6, 6.07) is 9.35. The minimum atomic E-state index is 0.409. The topological polar surface area (TPSA) is 64.8 Å². The highest BCUT2D eigenvalue weighted by molar-refractivity contribution is 6.30. The van der Waals surface area contributed by atoms with Crippen molar-refractivity contribution in [3.05, 3.63) is 82.3 Å². The number of rotatable bonds is 9. The van der Waals surface area contributed by atoms with Gasteiger partial charge in [0.05, 0.1) is 0 Å². The molecule has 0 spiro atoms. The molecule has 2 aromatic heterocycles. The smallest absolute Gasteiger partial charge is 0.222 e. The van der Waals surface area contributed by atoms with Crippen molar-refractivity contribution >= 4 is 11.6 Å². The predicted molar refractivity (Wildman–Crippen MR) is 101 cm³/mol. The van der Waals surface area contributed by atoms with Crippen molar-refractivity contribution in [1.82, 2.24) is 9.97 Å². The third-order valence-corrected chi connectivity index (χ3v) is 4.46. The van der Waals surface area contributed by atoms with Crippen LogP contribution in [0.25, 0.3) is 0 Å². The second-order valence-corrected chi connectivity index (χ2v) is 6.64. The summed E-state index contributed by atoms with van der Waals surface area (Å²) in [5, 5.41) is 12.3. The number of aromatic amines is 1. The molecular weight excluding hydrogens is 350 g/mol. The Morgan fingerprint density at radius 1 is 1.08 bits per heavy atom. The first-order valence-electron chi connectivity index (χ1n) is 8.78. The number of nitrogens with zero attached hydrogens (tertiary/aromatic N) is 2. The molecule has 0 aliphatic rings. The van der Waals surface area contributed by atoms with E-state index in [0.717, 1.165) is 53.8 Å². The molecule has 0 unspecified atom stereocenters. The van der Waals surface area contributed by atoms with Crippen LogP contribution in [-0.4, -0.2) is 9.97 Å². The van der Waals surface area contributed by atoms with Gasteiger partial charge in [-0.1, -0.05) is 30.2 Å². The third kappa shape index (κ3) is 5.49. The van der Waals surface area contributed by atoms with Crippen molar-refractivity contribution in [3.8, 4) is 5.75 Å². The fraction of sp³-hybridized carbons (Fsp3) is 0.300. The number of nitrogens with one attached hydrogen (secondary N) is 1. The zero-order chi connectivity index (χ0) is 18.2. The zero-order valence-electron chi connectivity index (χ0n) is 14.5. The molecule has 0 atom stereocenters. The van der Waals surface area contributed by atoms with Crippen molar-refractivity contribution in [2.45, 2.75) is 38.7 Å². The minimum absolute atomic E-state index is 0.409. The lowest BCUT2D eigenvalue weighted by atomic mass is 10.1. The van der Waals surface area contributed by atoms with Crippen LogP contribution in [0.1, 0.15) is 36.2 Å². The quantitative estimate of drug-likeness (QED) is 0.348. The lowest BCUT2D eigenvalue weighted by Crippen LogP contribution is -2.25. The van der Waals surface area contributed by atoms with Crippen LogP contribution >= 0.6 is 11.6 Å². The number of aromatic nitrogens is 3. The molecular formula is C20H22ClN3O2. The van der Waals surface area contributed by atoms with Crippen molar-refractivity contribution in [2.24, 2.45) is 0 Å². The molecule has 1 N–H and O–H groups in total. The van der Waals surface area contributed by atoms with E-state index in [-0.39, 0.29) is 0 Å². The molecule has 0 radical (unpaired) electrons. The molecule has 6 heteroatoms. The van der Waals surface area contributed by atoms with Gasteiger partial charge in [-0.05, 0) is 37.0 Å². The van der Waals surface area contributed by atoms with Gasteiger partial charge in [0, 0.05) is 35.5 Å². The van der Waals surface area contributed by atoms with Crippen LogP contribution in [0.5, 0.6) is 5.75 Å². The molecule has 0 amide bonds. The Hall–Kier alpha value is -2.53. The van der Waals surface area contributed by atoms with Gasteiger partial charge in [-0.15, -0.1) is 0 Å². The molecule has 2 heterocycles. The summed E-state index contributed by atoms with van der Waals surface area (Å²) in [5.41, 5.74) is 2.07. The monoisotopic (exact) mass is 371 g/mol. The Labute approximate surface area is 158 Å². The predicted octanol–water partition coefficient (Wildman–Crippen LogP) is 4.23. The number of aryl methyl sites for hydroxylation is 2. The van der Waals surface area contributed by atoms with E-state index >= 15 is 0 Å². The number of imidazole rings is 1. The largest absolute Gasteiger partial charge is 0.619 e. The summed E-state index contributed by atoms with van der Waals surface area (Å²) in [6.07, 6.45) is 11.7. The number of pyridine rings is 1.